The van der Waals surface area contributed by atoms with Gasteiger partial charge in [-0.2, -0.15) is 0 Å². The molecule has 3 aromatic rings. The van der Waals surface area contributed by atoms with E-state index >= 15 is 0 Å². The number of halogens is 2. The second-order valence-electron chi connectivity index (χ2n) is 7.76. The number of ether oxygens (including phenoxy) is 1. The number of barbiturate groups is 1. The number of benzene rings is 3. The molecule has 1 saturated heterocycles. The Kier molecular flexibility index (Phi) is 7.61. The maximum Gasteiger partial charge on any atom is 0.336 e. The maximum atomic E-state index is 13.2. The minimum absolute atomic E-state index is 0.104. The second kappa shape index (κ2) is 10.8. The van der Waals surface area contributed by atoms with E-state index in [-0.39, 0.29) is 16.9 Å². The molecule has 1 aliphatic heterocycles. The molecule has 4 amide bonds. The molecule has 1 aliphatic rings. The number of nitrogens with one attached hydrogen (secondary N) is 1. The van der Waals surface area contributed by atoms with Crippen molar-refractivity contribution in [2.24, 2.45) is 0 Å². The fourth-order valence-electron chi connectivity index (χ4n) is 3.40. The van der Waals surface area contributed by atoms with Crippen LogP contribution in [0.15, 0.2) is 87.3 Å². The molecule has 0 aliphatic carbocycles. The number of urea groups is 1. The van der Waals surface area contributed by atoms with E-state index in [2.05, 4.69) is 37.2 Å². The Bertz CT molecular complexity index is 1430. The van der Waals surface area contributed by atoms with Gasteiger partial charge in [-0.15, -0.1) is 0 Å². The molecule has 0 radical (unpaired) electrons. The summed E-state index contributed by atoms with van der Waals surface area (Å²) in [6.45, 7) is 1.87. The Balaban J connectivity index is 1.68. The Morgan fingerprint density at radius 2 is 1.67 bits per heavy atom. The summed E-state index contributed by atoms with van der Waals surface area (Å²) >= 11 is 6.74. The predicted molar refractivity (Wildman–Crippen MR) is 143 cm³/mol. The van der Waals surface area contributed by atoms with Gasteiger partial charge in [-0.3, -0.25) is 14.9 Å². The highest BCUT2D eigenvalue weighted by atomic mass is 79.9. The first kappa shape index (κ1) is 25.3. The molecule has 0 unspecified atom stereocenters. The van der Waals surface area contributed by atoms with Crippen LogP contribution in [-0.2, 0) is 14.4 Å². The van der Waals surface area contributed by atoms with Crippen LogP contribution in [0, 0.1) is 6.92 Å². The van der Waals surface area contributed by atoms with E-state index in [0.29, 0.717) is 14.6 Å². The van der Waals surface area contributed by atoms with Gasteiger partial charge in [0.05, 0.1) is 10.2 Å². The first-order valence-corrected chi connectivity index (χ1v) is 12.2. The second-order valence-corrected chi connectivity index (χ2v) is 9.53. The van der Waals surface area contributed by atoms with Gasteiger partial charge >= 0.3 is 12.0 Å². The van der Waals surface area contributed by atoms with Gasteiger partial charge in [0.15, 0.2) is 5.75 Å². The number of hydrogen-bond acceptors (Lipinski definition) is 5. The van der Waals surface area contributed by atoms with Gasteiger partial charge < -0.3 is 4.74 Å². The predicted octanol–water partition coefficient (Wildman–Crippen LogP) is 5.81. The van der Waals surface area contributed by atoms with Crippen LogP contribution in [0.3, 0.4) is 0 Å². The van der Waals surface area contributed by atoms with Crippen molar-refractivity contribution in [3.8, 4) is 5.75 Å². The molecule has 3 aromatic carbocycles. The van der Waals surface area contributed by atoms with Gasteiger partial charge in [0.25, 0.3) is 11.8 Å². The number of esters is 1. The highest BCUT2D eigenvalue weighted by molar-refractivity contribution is 9.11. The van der Waals surface area contributed by atoms with Gasteiger partial charge in [0.1, 0.15) is 5.57 Å². The Hall–Kier alpha value is -3.82. The molecule has 0 atom stereocenters. The SMILES string of the molecule is Cc1ccc(N2C(=O)NC(=O)/C(=C/c3cc(Br)cc(Br)c3OC(=O)/C=C/c3ccccc3)C2=O)cc1. The third-order valence-corrected chi connectivity index (χ3v) is 6.19. The van der Waals surface area contributed by atoms with E-state index < -0.39 is 23.8 Å². The summed E-state index contributed by atoms with van der Waals surface area (Å²) in [6.07, 6.45) is 4.16. The Morgan fingerprint density at radius 3 is 2.36 bits per heavy atom. The van der Waals surface area contributed by atoms with Gasteiger partial charge in [0.2, 0.25) is 0 Å². The summed E-state index contributed by atoms with van der Waals surface area (Å²) in [5.41, 5.74) is 2.06. The summed E-state index contributed by atoms with van der Waals surface area (Å²) in [7, 11) is 0. The fourth-order valence-corrected chi connectivity index (χ4v) is 4.74. The first-order chi connectivity index (χ1) is 17.2. The van der Waals surface area contributed by atoms with Crippen LogP contribution in [0.5, 0.6) is 5.75 Å². The molecule has 1 N–H and O–H groups in total. The average molecular weight is 610 g/mol. The third-order valence-electron chi connectivity index (χ3n) is 5.14. The van der Waals surface area contributed by atoms with Gasteiger partial charge in [0, 0.05) is 16.1 Å². The van der Waals surface area contributed by atoms with Crippen molar-refractivity contribution in [2.45, 2.75) is 6.92 Å². The largest absolute Gasteiger partial charge is 0.422 e. The number of anilines is 1. The summed E-state index contributed by atoms with van der Waals surface area (Å²) in [5.74, 6) is -2.21. The molecule has 9 heteroatoms. The zero-order valence-electron chi connectivity index (χ0n) is 18.8. The van der Waals surface area contributed by atoms with Crippen LogP contribution in [0.25, 0.3) is 12.2 Å². The van der Waals surface area contributed by atoms with Crippen molar-refractivity contribution in [3.05, 3.63) is 104 Å². The Morgan fingerprint density at radius 1 is 0.972 bits per heavy atom. The quantitative estimate of drug-likeness (QED) is 0.171. The van der Waals surface area contributed by atoms with Crippen LogP contribution >= 0.6 is 31.9 Å². The molecule has 180 valence electrons. The van der Waals surface area contributed by atoms with Crippen molar-refractivity contribution in [2.75, 3.05) is 4.90 Å². The zero-order valence-corrected chi connectivity index (χ0v) is 22.0. The molecule has 0 aromatic heterocycles. The molecule has 0 bridgehead atoms. The zero-order chi connectivity index (χ0) is 25.8. The molecule has 36 heavy (non-hydrogen) atoms. The van der Waals surface area contributed by atoms with E-state index in [4.69, 9.17) is 4.74 Å². The first-order valence-electron chi connectivity index (χ1n) is 10.6. The molecule has 1 fully saturated rings. The lowest BCUT2D eigenvalue weighted by molar-refractivity contribution is -0.129. The van der Waals surface area contributed by atoms with Crippen LogP contribution in [-0.4, -0.2) is 23.8 Å². The van der Waals surface area contributed by atoms with E-state index in [1.807, 2.05) is 37.3 Å². The molecule has 4 rings (SSSR count). The van der Waals surface area contributed by atoms with Crippen LogP contribution in [0.2, 0.25) is 0 Å². The highest BCUT2D eigenvalue weighted by Gasteiger charge is 2.37. The van der Waals surface area contributed by atoms with E-state index in [9.17, 15) is 19.2 Å². The molecule has 0 saturated carbocycles. The monoisotopic (exact) mass is 608 g/mol. The van der Waals surface area contributed by atoms with Gasteiger partial charge in [-0.25, -0.2) is 14.5 Å². The van der Waals surface area contributed by atoms with Crippen molar-refractivity contribution < 1.29 is 23.9 Å². The summed E-state index contributed by atoms with van der Waals surface area (Å²) in [4.78, 5) is 51.7. The number of nitrogens with zero attached hydrogens (tertiary/aromatic N) is 1. The number of amides is 4. The maximum absolute atomic E-state index is 13.2. The number of imide groups is 2. The van der Waals surface area contributed by atoms with Crippen molar-refractivity contribution in [1.29, 1.82) is 0 Å². The molecular weight excluding hydrogens is 592 g/mol. The number of rotatable bonds is 5. The molecule has 1 heterocycles. The standard InChI is InChI=1S/C27H18Br2N2O5/c1-16-7-10-20(11-8-16)31-26(34)21(25(33)30-27(31)35)14-18-13-19(28)15-22(29)24(18)36-23(32)12-9-17-5-3-2-4-6-17/h2-15H,1H3,(H,30,33,35)/b12-9+,21-14-. The summed E-state index contributed by atoms with van der Waals surface area (Å²) < 4.78 is 6.57. The van der Waals surface area contributed by atoms with Gasteiger partial charge in [-0.1, -0.05) is 64.0 Å². The lowest BCUT2D eigenvalue weighted by Crippen LogP contribution is -2.54. The number of carbonyl (C=O) groups is 4. The van der Waals surface area contributed by atoms with E-state index in [1.165, 1.54) is 12.2 Å². The normalized spacial score (nSPS) is 14.9. The van der Waals surface area contributed by atoms with Crippen molar-refractivity contribution in [3.63, 3.8) is 0 Å². The Labute approximate surface area is 223 Å². The number of hydrogen-bond donors (Lipinski definition) is 1. The average Bonchev–Trinajstić information content (AvgIpc) is 2.84. The van der Waals surface area contributed by atoms with Crippen molar-refractivity contribution in [1.82, 2.24) is 5.32 Å². The molecule has 0 spiro atoms. The minimum Gasteiger partial charge on any atom is -0.422 e. The summed E-state index contributed by atoms with van der Waals surface area (Å²) in [6, 6.07) is 18.4. The molecule has 7 nitrogen and oxygen atoms in total. The third kappa shape index (κ3) is 5.69. The fraction of sp³-hybridized carbons (Fsp3) is 0.0370. The lowest BCUT2D eigenvalue weighted by atomic mass is 10.1. The smallest absolute Gasteiger partial charge is 0.336 e. The van der Waals surface area contributed by atoms with Crippen LogP contribution in [0.1, 0.15) is 16.7 Å². The lowest BCUT2D eigenvalue weighted by Gasteiger charge is -2.26. The van der Waals surface area contributed by atoms with E-state index in [1.54, 1.807) is 42.5 Å². The van der Waals surface area contributed by atoms with E-state index in [0.717, 1.165) is 16.0 Å². The number of carbonyl (C=O) groups excluding carboxylic acids is 4. The van der Waals surface area contributed by atoms with Crippen LogP contribution < -0.4 is 15.0 Å². The summed E-state index contributed by atoms with van der Waals surface area (Å²) in [5, 5.41) is 2.19. The topological polar surface area (TPSA) is 92.8 Å². The minimum atomic E-state index is -0.856. The van der Waals surface area contributed by atoms with Gasteiger partial charge in [-0.05, 0) is 64.8 Å². The van der Waals surface area contributed by atoms with Crippen molar-refractivity contribution >= 4 is 73.5 Å². The molecular formula is C27H18Br2N2O5. The van der Waals surface area contributed by atoms with Crippen LogP contribution in [0.4, 0.5) is 10.5 Å². The highest BCUT2D eigenvalue weighted by Crippen LogP contribution is 2.35. The number of aryl methyl sites for hydroxylation is 1.